The highest BCUT2D eigenvalue weighted by Gasteiger charge is 2.18. The highest BCUT2D eigenvalue weighted by molar-refractivity contribution is 5.85. The van der Waals surface area contributed by atoms with Crippen molar-refractivity contribution in [3.05, 3.63) is 42.2 Å². The summed E-state index contributed by atoms with van der Waals surface area (Å²) in [4.78, 5) is 10.4. The van der Waals surface area contributed by atoms with Gasteiger partial charge in [0.15, 0.2) is 0 Å². The Kier molecular flexibility index (Phi) is 5.79. The monoisotopic (exact) mass is 306 g/mol. The SMILES string of the molecule is CNC1CCCN(Cc2cnc(-c3ccccc3)[nH]2)C1.Cl. The lowest BCUT2D eigenvalue weighted by atomic mass is 10.1. The highest BCUT2D eigenvalue weighted by atomic mass is 35.5. The molecule has 1 aromatic carbocycles. The van der Waals surface area contributed by atoms with Crippen LogP contribution in [0.2, 0.25) is 0 Å². The number of benzene rings is 1. The summed E-state index contributed by atoms with van der Waals surface area (Å²) < 4.78 is 0. The maximum atomic E-state index is 4.49. The van der Waals surface area contributed by atoms with Gasteiger partial charge in [-0.3, -0.25) is 4.90 Å². The highest BCUT2D eigenvalue weighted by Crippen LogP contribution is 2.17. The summed E-state index contributed by atoms with van der Waals surface area (Å²) in [7, 11) is 2.05. The van der Waals surface area contributed by atoms with Gasteiger partial charge in [0, 0.05) is 36.6 Å². The van der Waals surface area contributed by atoms with Gasteiger partial charge in [0.1, 0.15) is 5.82 Å². The van der Waals surface area contributed by atoms with E-state index in [-0.39, 0.29) is 12.4 Å². The van der Waals surface area contributed by atoms with Crippen LogP contribution in [0, 0.1) is 0 Å². The summed E-state index contributed by atoms with van der Waals surface area (Å²) in [5.74, 6) is 0.961. The van der Waals surface area contributed by atoms with E-state index in [1.54, 1.807) is 0 Å². The van der Waals surface area contributed by atoms with Gasteiger partial charge < -0.3 is 10.3 Å². The van der Waals surface area contributed by atoms with Gasteiger partial charge in [-0.2, -0.15) is 0 Å². The molecule has 114 valence electrons. The van der Waals surface area contributed by atoms with E-state index in [0.717, 1.165) is 24.5 Å². The van der Waals surface area contributed by atoms with Crippen LogP contribution < -0.4 is 5.32 Å². The molecule has 1 aromatic heterocycles. The predicted molar refractivity (Wildman–Crippen MR) is 88.6 cm³/mol. The van der Waals surface area contributed by atoms with E-state index < -0.39 is 0 Å². The molecule has 0 aliphatic carbocycles. The quantitative estimate of drug-likeness (QED) is 0.913. The lowest BCUT2D eigenvalue weighted by molar-refractivity contribution is 0.186. The zero-order chi connectivity index (χ0) is 13.8. The molecule has 1 aliphatic rings. The van der Waals surface area contributed by atoms with Crippen molar-refractivity contribution in [1.29, 1.82) is 0 Å². The van der Waals surface area contributed by atoms with Crippen LogP contribution >= 0.6 is 12.4 Å². The normalized spacial score (nSPS) is 19.2. The minimum atomic E-state index is 0. The van der Waals surface area contributed by atoms with Crippen LogP contribution in [-0.4, -0.2) is 41.0 Å². The molecule has 5 heteroatoms. The van der Waals surface area contributed by atoms with Crippen LogP contribution in [0.25, 0.3) is 11.4 Å². The lowest BCUT2D eigenvalue weighted by Gasteiger charge is -2.32. The molecule has 2 aromatic rings. The molecule has 1 aliphatic heterocycles. The van der Waals surface area contributed by atoms with Gasteiger partial charge in [-0.1, -0.05) is 30.3 Å². The number of nitrogens with one attached hydrogen (secondary N) is 2. The maximum Gasteiger partial charge on any atom is 0.137 e. The Morgan fingerprint density at radius 3 is 2.90 bits per heavy atom. The number of nitrogens with zero attached hydrogens (tertiary/aromatic N) is 2. The summed E-state index contributed by atoms with van der Waals surface area (Å²) in [6.07, 6.45) is 4.52. The lowest BCUT2D eigenvalue weighted by Crippen LogP contribution is -2.43. The topological polar surface area (TPSA) is 44.0 Å². The molecule has 3 rings (SSSR count). The molecule has 1 fully saturated rings. The van der Waals surface area contributed by atoms with Gasteiger partial charge in [0.05, 0.1) is 0 Å². The Morgan fingerprint density at radius 1 is 1.33 bits per heavy atom. The number of hydrogen-bond acceptors (Lipinski definition) is 3. The number of piperidine rings is 1. The number of hydrogen-bond donors (Lipinski definition) is 2. The fourth-order valence-electron chi connectivity index (χ4n) is 2.86. The summed E-state index contributed by atoms with van der Waals surface area (Å²) in [5.41, 5.74) is 2.34. The molecule has 0 saturated carbocycles. The summed E-state index contributed by atoms with van der Waals surface area (Å²) in [5, 5.41) is 3.38. The van der Waals surface area contributed by atoms with Gasteiger partial charge in [-0.15, -0.1) is 12.4 Å². The summed E-state index contributed by atoms with van der Waals surface area (Å²) in [6, 6.07) is 10.9. The average Bonchev–Trinajstić information content (AvgIpc) is 2.97. The molecule has 2 N–H and O–H groups in total. The zero-order valence-corrected chi connectivity index (χ0v) is 13.2. The zero-order valence-electron chi connectivity index (χ0n) is 12.4. The van der Waals surface area contributed by atoms with E-state index in [4.69, 9.17) is 0 Å². The van der Waals surface area contributed by atoms with Crippen LogP contribution in [0.5, 0.6) is 0 Å². The Balaban J connectivity index is 0.00000161. The van der Waals surface area contributed by atoms with Crippen molar-refractivity contribution in [2.24, 2.45) is 0 Å². The Morgan fingerprint density at radius 2 is 2.14 bits per heavy atom. The minimum absolute atomic E-state index is 0. The molecule has 1 saturated heterocycles. The van der Waals surface area contributed by atoms with Crippen LogP contribution in [0.15, 0.2) is 36.5 Å². The van der Waals surface area contributed by atoms with Crippen molar-refractivity contribution in [3.63, 3.8) is 0 Å². The van der Waals surface area contributed by atoms with Crippen LogP contribution in [0.1, 0.15) is 18.5 Å². The fourth-order valence-corrected chi connectivity index (χ4v) is 2.86. The second kappa shape index (κ2) is 7.59. The third-order valence-corrected chi connectivity index (χ3v) is 3.98. The second-order valence-electron chi connectivity index (χ2n) is 5.49. The number of likely N-dealkylation sites (tertiary alicyclic amines) is 1. The van der Waals surface area contributed by atoms with Crippen molar-refractivity contribution in [2.75, 3.05) is 20.1 Å². The second-order valence-corrected chi connectivity index (χ2v) is 5.49. The van der Waals surface area contributed by atoms with E-state index in [2.05, 4.69) is 39.4 Å². The minimum Gasteiger partial charge on any atom is -0.341 e. The van der Waals surface area contributed by atoms with Gasteiger partial charge >= 0.3 is 0 Å². The molecular weight excluding hydrogens is 284 g/mol. The fraction of sp³-hybridized carbons (Fsp3) is 0.438. The van der Waals surface area contributed by atoms with Crippen molar-refractivity contribution >= 4 is 12.4 Å². The number of aromatic amines is 1. The molecular formula is C16H23ClN4. The predicted octanol–water partition coefficient (Wildman–Crippen LogP) is 2.68. The molecule has 21 heavy (non-hydrogen) atoms. The molecule has 4 nitrogen and oxygen atoms in total. The number of aromatic nitrogens is 2. The summed E-state index contributed by atoms with van der Waals surface area (Å²) >= 11 is 0. The first-order chi connectivity index (χ1) is 9.85. The molecule has 0 spiro atoms. The van der Waals surface area contributed by atoms with Gasteiger partial charge in [0.25, 0.3) is 0 Å². The first kappa shape index (κ1) is 16.0. The number of halogens is 1. The van der Waals surface area contributed by atoms with E-state index in [9.17, 15) is 0 Å². The molecule has 0 amide bonds. The molecule has 0 radical (unpaired) electrons. The van der Waals surface area contributed by atoms with Crippen molar-refractivity contribution in [2.45, 2.75) is 25.4 Å². The third kappa shape index (κ3) is 4.06. The van der Waals surface area contributed by atoms with Crippen molar-refractivity contribution < 1.29 is 0 Å². The molecule has 0 bridgehead atoms. The Bertz CT molecular complexity index is 540. The van der Waals surface area contributed by atoms with Gasteiger partial charge in [-0.05, 0) is 26.4 Å². The molecule has 2 heterocycles. The average molecular weight is 307 g/mol. The van der Waals surface area contributed by atoms with Crippen molar-refractivity contribution in [3.8, 4) is 11.4 Å². The Labute approximate surface area is 132 Å². The molecule has 1 unspecified atom stereocenters. The van der Waals surface area contributed by atoms with Crippen LogP contribution in [-0.2, 0) is 6.54 Å². The third-order valence-electron chi connectivity index (χ3n) is 3.98. The van der Waals surface area contributed by atoms with E-state index in [0.29, 0.717) is 6.04 Å². The largest absolute Gasteiger partial charge is 0.341 e. The van der Waals surface area contributed by atoms with Crippen molar-refractivity contribution in [1.82, 2.24) is 20.2 Å². The van der Waals surface area contributed by atoms with Crippen LogP contribution in [0.3, 0.4) is 0 Å². The molecule has 1 atom stereocenters. The summed E-state index contributed by atoms with van der Waals surface area (Å²) in [6.45, 7) is 3.26. The standard InChI is InChI=1S/C16H22N4.ClH/c1-17-14-8-5-9-20(11-14)12-15-10-18-16(19-15)13-6-3-2-4-7-13;/h2-4,6-7,10,14,17H,5,8-9,11-12H2,1H3,(H,18,19);1H. The van der Waals surface area contributed by atoms with Crippen LogP contribution in [0.4, 0.5) is 0 Å². The van der Waals surface area contributed by atoms with Gasteiger partial charge in [0.2, 0.25) is 0 Å². The van der Waals surface area contributed by atoms with E-state index in [1.807, 2.05) is 24.4 Å². The van der Waals surface area contributed by atoms with E-state index >= 15 is 0 Å². The number of imidazole rings is 1. The van der Waals surface area contributed by atoms with E-state index in [1.165, 1.54) is 25.1 Å². The number of likely N-dealkylation sites (N-methyl/N-ethyl adjacent to an activating group) is 1. The Hall–Kier alpha value is -1.36. The van der Waals surface area contributed by atoms with Gasteiger partial charge in [-0.25, -0.2) is 4.98 Å². The maximum absolute atomic E-state index is 4.49. The number of H-pyrrole nitrogens is 1. The first-order valence-corrected chi connectivity index (χ1v) is 7.34. The smallest absolute Gasteiger partial charge is 0.137 e. The number of rotatable bonds is 4. The first-order valence-electron chi connectivity index (χ1n) is 7.34.